The minimum atomic E-state index is -0.528. The van der Waals surface area contributed by atoms with Crippen LogP contribution in [0, 0.1) is 0 Å². The highest BCUT2D eigenvalue weighted by Crippen LogP contribution is 2.25. The first kappa shape index (κ1) is 15.4. The zero-order valence-electron chi connectivity index (χ0n) is 12.2. The quantitative estimate of drug-likeness (QED) is 0.755. The SMILES string of the molecule is CCCC1(O)CN(CC(O)COCc2ccccc2)C1. The summed E-state index contributed by atoms with van der Waals surface area (Å²) >= 11 is 0. The van der Waals surface area contributed by atoms with Crippen molar-refractivity contribution < 1.29 is 14.9 Å². The van der Waals surface area contributed by atoms with Gasteiger partial charge in [0.15, 0.2) is 0 Å². The third-order valence-electron chi connectivity index (χ3n) is 3.64. The van der Waals surface area contributed by atoms with Gasteiger partial charge in [-0.3, -0.25) is 4.90 Å². The fourth-order valence-electron chi connectivity index (χ4n) is 2.78. The predicted molar refractivity (Wildman–Crippen MR) is 78.4 cm³/mol. The number of rotatable bonds is 8. The lowest BCUT2D eigenvalue weighted by Gasteiger charge is -2.47. The van der Waals surface area contributed by atoms with Gasteiger partial charge in [-0.1, -0.05) is 43.7 Å². The number of nitrogens with zero attached hydrogens (tertiary/aromatic N) is 1. The lowest BCUT2D eigenvalue weighted by molar-refractivity contribution is -0.118. The minimum absolute atomic E-state index is 0.331. The molecule has 1 aromatic rings. The van der Waals surface area contributed by atoms with Crippen LogP contribution in [-0.4, -0.2) is 53.1 Å². The van der Waals surface area contributed by atoms with Gasteiger partial charge < -0.3 is 14.9 Å². The molecule has 0 aromatic heterocycles. The maximum atomic E-state index is 10.1. The van der Waals surface area contributed by atoms with Crippen LogP contribution < -0.4 is 0 Å². The fourth-order valence-corrected chi connectivity index (χ4v) is 2.78. The molecule has 4 nitrogen and oxygen atoms in total. The maximum Gasteiger partial charge on any atom is 0.0900 e. The number of likely N-dealkylation sites (tertiary alicyclic amines) is 1. The van der Waals surface area contributed by atoms with Crippen molar-refractivity contribution in [3.8, 4) is 0 Å². The average molecular weight is 279 g/mol. The number of benzene rings is 1. The zero-order chi connectivity index (χ0) is 14.4. The van der Waals surface area contributed by atoms with E-state index in [0.29, 0.717) is 32.8 Å². The Bertz CT molecular complexity index is 390. The van der Waals surface area contributed by atoms with Gasteiger partial charge in [0, 0.05) is 19.6 Å². The van der Waals surface area contributed by atoms with Gasteiger partial charge in [-0.2, -0.15) is 0 Å². The highest BCUT2D eigenvalue weighted by atomic mass is 16.5. The Hall–Kier alpha value is -0.940. The van der Waals surface area contributed by atoms with Gasteiger partial charge in [-0.15, -0.1) is 0 Å². The topological polar surface area (TPSA) is 52.9 Å². The molecule has 1 fully saturated rings. The molecule has 1 saturated heterocycles. The summed E-state index contributed by atoms with van der Waals surface area (Å²) in [5, 5.41) is 20.0. The van der Waals surface area contributed by atoms with Crippen LogP contribution in [0.2, 0.25) is 0 Å². The van der Waals surface area contributed by atoms with Crippen molar-refractivity contribution in [1.29, 1.82) is 0 Å². The van der Waals surface area contributed by atoms with Gasteiger partial charge in [-0.25, -0.2) is 0 Å². The molecule has 0 bridgehead atoms. The Morgan fingerprint density at radius 1 is 1.30 bits per heavy atom. The monoisotopic (exact) mass is 279 g/mol. The summed E-state index contributed by atoms with van der Waals surface area (Å²) in [6.45, 7) is 4.83. The fraction of sp³-hybridized carbons (Fsp3) is 0.625. The summed E-state index contributed by atoms with van der Waals surface area (Å²) in [4.78, 5) is 2.08. The van der Waals surface area contributed by atoms with E-state index in [2.05, 4.69) is 11.8 Å². The molecular weight excluding hydrogens is 254 g/mol. The lowest BCUT2D eigenvalue weighted by atomic mass is 9.89. The summed E-state index contributed by atoms with van der Waals surface area (Å²) < 4.78 is 5.51. The second-order valence-corrected chi connectivity index (χ2v) is 5.80. The highest BCUT2D eigenvalue weighted by molar-refractivity contribution is 5.13. The van der Waals surface area contributed by atoms with E-state index in [1.54, 1.807) is 0 Å². The van der Waals surface area contributed by atoms with E-state index >= 15 is 0 Å². The van der Waals surface area contributed by atoms with Crippen LogP contribution in [0.5, 0.6) is 0 Å². The van der Waals surface area contributed by atoms with E-state index < -0.39 is 11.7 Å². The first-order valence-corrected chi connectivity index (χ1v) is 7.36. The van der Waals surface area contributed by atoms with Crippen molar-refractivity contribution in [2.24, 2.45) is 0 Å². The zero-order valence-corrected chi connectivity index (χ0v) is 12.2. The number of hydrogen-bond donors (Lipinski definition) is 2. The van der Waals surface area contributed by atoms with Gasteiger partial charge in [0.2, 0.25) is 0 Å². The number of aliphatic hydroxyl groups excluding tert-OH is 1. The van der Waals surface area contributed by atoms with Gasteiger partial charge >= 0.3 is 0 Å². The summed E-state index contributed by atoms with van der Waals surface area (Å²) in [6, 6.07) is 9.94. The molecule has 1 aliphatic heterocycles. The van der Waals surface area contributed by atoms with Crippen LogP contribution in [0.4, 0.5) is 0 Å². The Morgan fingerprint density at radius 2 is 2.00 bits per heavy atom. The Labute approximate surface area is 121 Å². The summed E-state index contributed by atoms with van der Waals surface area (Å²) in [7, 11) is 0. The van der Waals surface area contributed by atoms with Gasteiger partial charge in [-0.05, 0) is 12.0 Å². The van der Waals surface area contributed by atoms with Crippen molar-refractivity contribution in [3.05, 3.63) is 35.9 Å². The first-order valence-electron chi connectivity index (χ1n) is 7.36. The lowest BCUT2D eigenvalue weighted by Crippen LogP contribution is -2.63. The molecular formula is C16H25NO3. The van der Waals surface area contributed by atoms with Gasteiger partial charge in [0.05, 0.1) is 24.9 Å². The van der Waals surface area contributed by atoms with Crippen LogP contribution in [-0.2, 0) is 11.3 Å². The van der Waals surface area contributed by atoms with Crippen LogP contribution >= 0.6 is 0 Å². The van der Waals surface area contributed by atoms with Crippen LogP contribution in [0.3, 0.4) is 0 Å². The Kier molecular flexibility index (Phi) is 5.54. The molecule has 0 amide bonds. The summed E-state index contributed by atoms with van der Waals surface area (Å²) in [5.74, 6) is 0. The average Bonchev–Trinajstić information content (AvgIpc) is 2.38. The Morgan fingerprint density at radius 3 is 2.65 bits per heavy atom. The number of ether oxygens (including phenoxy) is 1. The molecule has 1 aliphatic rings. The van der Waals surface area contributed by atoms with E-state index in [4.69, 9.17) is 4.74 Å². The summed E-state index contributed by atoms with van der Waals surface area (Å²) in [5.41, 5.74) is 0.584. The summed E-state index contributed by atoms with van der Waals surface area (Å²) in [6.07, 6.45) is 1.34. The van der Waals surface area contributed by atoms with Crippen molar-refractivity contribution in [2.75, 3.05) is 26.2 Å². The number of hydrogen-bond acceptors (Lipinski definition) is 4. The number of β-amino-alcohol motifs (C(OH)–C–C–N with tert-alkyl or cyclic N) is 2. The standard InChI is InChI=1S/C16H25NO3/c1-2-8-16(19)12-17(13-16)9-15(18)11-20-10-14-6-4-3-5-7-14/h3-7,15,18-19H,2,8-13H2,1H3. The van der Waals surface area contributed by atoms with E-state index in [1.807, 2.05) is 30.3 Å². The largest absolute Gasteiger partial charge is 0.389 e. The van der Waals surface area contributed by atoms with Crippen molar-refractivity contribution in [2.45, 2.75) is 38.1 Å². The third kappa shape index (κ3) is 4.56. The highest BCUT2D eigenvalue weighted by Gasteiger charge is 2.40. The van der Waals surface area contributed by atoms with Crippen molar-refractivity contribution in [1.82, 2.24) is 4.90 Å². The van der Waals surface area contributed by atoms with E-state index in [9.17, 15) is 10.2 Å². The molecule has 20 heavy (non-hydrogen) atoms. The third-order valence-corrected chi connectivity index (χ3v) is 3.64. The molecule has 1 aromatic carbocycles. The first-order chi connectivity index (χ1) is 9.61. The smallest absolute Gasteiger partial charge is 0.0900 e. The minimum Gasteiger partial charge on any atom is -0.389 e. The molecule has 2 rings (SSSR count). The van der Waals surface area contributed by atoms with Gasteiger partial charge in [0.1, 0.15) is 0 Å². The van der Waals surface area contributed by atoms with Crippen LogP contribution in [0.15, 0.2) is 30.3 Å². The molecule has 0 spiro atoms. The molecule has 0 saturated carbocycles. The number of aliphatic hydroxyl groups is 2. The molecule has 2 N–H and O–H groups in total. The maximum absolute atomic E-state index is 10.1. The second kappa shape index (κ2) is 7.18. The predicted octanol–water partition coefficient (Wildman–Crippen LogP) is 1.41. The van der Waals surface area contributed by atoms with E-state index in [0.717, 1.165) is 18.4 Å². The van der Waals surface area contributed by atoms with Crippen LogP contribution in [0.25, 0.3) is 0 Å². The molecule has 1 heterocycles. The normalized spacial score (nSPS) is 19.6. The molecule has 4 heteroatoms. The molecule has 112 valence electrons. The van der Waals surface area contributed by atoms with E-state index in [-0.39, 0.29) is 0 Å². The van der Waals surface area contributed by atoms with E-state index in [1.165, 1.54) is 0 Å². The van der Waals surface area contributed by atoms with Crippen molar-refractivity contribution >= 4 is 0 Å². The Balaban J connectivity index is 1.59. The van der Waals surface area contributed by atoms with Crippen LogP contribution in [0.1, 0.15) is 25.3 Å². The van der Waals surface area contributed by atoms with Gasteiger partial charge in [0.25, 0.3) is 0 Å². The molecule has 1 atom stereocenters. The second-order valence-electron chi connectivity index (χ2n) is 5.80. The van der Waals surface area contributed by atoms with Crippen molar-refractivity contribution in [3.63, 3.8) is 0 Å². The molecule has 0 radical (unpaired) electrons. The molecule has 1 unspecified atom stereocenters. The molecule has 0 aliphatic carbocycles.